The van der Waals surface area contributed by atoms with E-state index in [1.807, 2.05) is 0 Å². The van der Waals surface area contributed by atoms with Crippen LogP contribution in [-0.2, 0) is 0 Å². The molecule has 1 aromatic heterocycles. The highest BCUT2D eigenvalue weighted by atomic mass is 19.3. The molecule has 0 unspecified atom stereocenters. The van der Waals surface area contributed by atoms with Crippen LogP contribution in [0.15, 0.2) is 18.3 Å². The standard InChI is InChI=1S/C7H4F3NO/c8-6(9)5(12)4-2-1-3-11-7(4)10/h1-3,6H. The van der Waals surface area contributed by atoms with E-state index in [4.69, 9.17) is 0 Å². The monoisotopic (exact) mass is 175 g/mol. The molecular formula is C7H4F3NO. The lowest BCUT2D eigenvalue weighted by Crippen LogP contribution is -2.12. The smallest absolute Gasteiger partial charge is 0.288 e. The predicted octanol–water partition coefficient (Wildman–Crippen LogP) is 1.67. The second-order valence-corrected chi connectivity index (χ2v) is 2.01. The number of nitrogens with zero attached hydrogens (tertiary/aromatic N) is 1. The van der Waals surface area contributed by atoms with Gasteiger partial charge < -0.3 is 0 Å². The summed E-state index contributed by atoms with van der Waals surface area (Å²) in [5, 5.41) is 0. The second-order valence-electron chi connectivity index (χ2n) is 2.01. The van der Waals surface area contributed by atoms with Crippen LogP contribution >= 0.6 is 0 Å². The van der Waals surface area contributed by atoms with Gasteiger partial charge in [0.2, 0.25) is 11.7 Å². The van der Waals surface area contributed by atoms with E-state index >= 15 is 0 Å². The molecule has 0 saturated heterocycles. The van der Waals surface area contributed by atoms with Crippen LogP contribution in [0.4, 0.5) is 13.2 Å². The topological polar surface area (TPSA) is 30.0 Å². The Kier molecular flexibility index (Phi) is 2.42. The van der Waals surface area contributed by atoms with Crippen LogP contribution in [0.1, 0.15) is 10.4 Å². The van der Waals surface area contributed by atoms with Crippen LogP contribution in [-0.4, -0.2) is 17.2 Å². The molecule has 0 saturated carbocycles. The average Bonchev–Trinajstić information content (AvgIpc) is 2.04. The molecule has 0 aliphatic carbocycles. The van der Waals surface area contributed by atoms with E-state index in [0.717, 1.165) is 12.3 Å². The van der Waals surface area contributed by atoms with E-state index in [0.29, 0.717) is 0 Å². The number of alkyl halides is 2. The van der Waals surface area contributed by atoms with Gasteiger partial charge in [-0.3, -0.25) is 4.79 Å². The van der Waals surface area contributed by atoms with Crippen molar-refractivity contribution in [1.82, 2.24) is 4.98 Å². The summed E-state index contributed by atoms with van der Waals surface area (Å²) >= 11 is 0. The fraction of sp³-hybridized carbons (Fsp3) is 0.143. The molecule has 2 nitrogen and oxygen atoms in total. The normalized spacial score (nSPS) is 10.3. The summed E-state index contributed by atoms with van der Waals surface area (Å²) < 4.78 is 36.0. The molecule has 12 heavy (non-hydrogen) atoms. The number of pyridine rings is 1. The quantitative estimate of drug-likeness (QED) is 0.505. The number of rotatable bonds is 2. The molecule has 1 heterocycles. The van der Waals surface area contributed by atoms with Crippen LogP contribution in [0.25, 0.3) is 0 Å². The van der Waals surface area contributed by atoms with Crippen molar-refractivity contribution in [3.8, 4) is 0 Å². The van der Waals surface area contributed by atoms with Gasteiger partial charge in [-0.2, -0.15) is 4.39 Å². The highest BCUT2D eigenvalue weighted by Gasteiger charge is 2.21. The van der Waals surface area contributed by atoms with Crippen molar-refractivity contribution in [2.24, 2.45) is 0 Å². The Labute approximate surface area is 66.0 Å². The van der Waals surface area contributed by atoms with Gasteiger partial charge in [0.25, 0.3) is 0 Å². The van der Waals surface area contributed by atoms with Gasteiger partial charge in [-0.05, 0) is 12.1 Å². The van der Waals surface area contributed by atoms with Gasteiger partial charge in [0.05, 0.1) is 5.56 Å². The Morgan fingerprint density at radius 3 is 2.67 bits per heavy atom. The van der Waals surface area contributed by atoms with Gasteiger partial charge in [-0.15, -0.1) is 0 Å². The summed E-state index contributed by atoms with van der Waals surface area (Å²) in [6, 6.07) is 2.19. The Morgan fingerprint density at radius 2 is 2.17 bits per heavy atom. The maximum Gasteiger partial charge on any atom is 0.300 e. The zero-order valence-electron chi connectivity index (χ0n) is 5.80. The minimum absolute atomic E-state index is 0.674. The van der Waals surface area contributed by atoms with E-state index in [1.165, 1.54) is 6.07 Å². The van der Waals surface area contributed by atoms with Crippen molar-refractivity contribution in [2.45, 2.75) is 6.43 Å². The van der Waals surface area contributed by atoms with Crippen molar-refractivity contribution in [2.75, 3.05) is 0 Å². The van der Waals surface area contributed by atoms with Crippen molar-refractivity contribution in [1.29, 1.82) is 0 Å². The highest BCUT2D eigenvalue weighted by Crippen LogP contribution is 2.09. The number of carbonyl (C=O) groups excluding carboxylic acids is 1. The SMILES string of the molecule is O=C(c1cccnc1F)C(F)F. The van der Waals surface area contributed by atoms with E-state index < -0.39 is 23.7 Å². The van der Waals surface area contributed by atoms with Crippen LogP contribution in [0.2, 0.25) is 0 Å². The fourth-order valence-electron chi connectivity index (χ4n) is 0.687. The Morgan fingerprint density at radius 1 is 1.50 bits per heavy atom. The lowest BCUT2D eigenvalue weighted by Gasteiger charge is -1.98. The van der Waals surface area contributed by atoms with Crippen molar-refractivity contribution >= 4 is 5.78 Å². The summed E-state index contributed by atoms with van der Waals surface area (Å²) in [5.41, 5.74) is -0.674. The number of hydrogen-bond acceptors (Lipinski definition) is 2. The molecule has 1 aromatic rings. The molecule has 0 amide bonds. The first-order valence-electron chi connectivity index (χ1n) is 3.06. The zero-order valence-corrected chi connectivity index (χ0v) is 5.80. The van der Waals surface area contributed by atoms with Crippen LogP contribution in [0.5, 0.6) is 0 Å². The van der Waals surface area contributed by atoms with Gasteiger partial charge in [0.1, 0.15) is 0 Å². The molecule has 0 atom stereocenters. The minimum Gasteiger partial charge on any atom is -0.288 e. The van der Waals surface area contributed by atoms with Crippen molar-refractivity contribution in [3.63, 3.8) is 0 Å². The van der Waals surface area contributed by atoms with Gasteiger partial charge in [-0.1, -0.05) is 0 Å². The third kappa shape index (κ3) is 1.61. The summed E-state index contributed by atoms with van der Waals surface area (Å²) in [6.07, 6.45) is -2.11. The lowest BCUT2D eigenvalue weighted by molar-refractivity contribution is 0.0673. The van der Waals surface area contributed by atoms with Gasteiger partial charge in [-0.25, -0.2) is 13.8 Å². The first kappa shape index (κ1) is 8.70. The number of Topliss-reactive ketones (excluding diaryl/α,β-unsaturated/α-hetero) is 1. The third-order valence-electron chi connectivity index (χ3n) is 1.22. The highest BCUT2D eigenvalue weighted by molar-refractivity contribution is 5.98. The van der Waals surface area contributed by atoms with Crippen LogP contribution in [0.3, 0.4) is 0 Å². The van der Waals surface area contributed by atoms with Crippen molar-refractivity contribution < 1.29 is 18.0 Å². The summed E-state index contributed by atoms with van der Waals surface area (Å²) in [6.45, 7) is 0. The molecule has 0 aliphatic rings. The van der Waals surface area contributed by atoms with E-state index in [2.05, 4.69) is 4.98 Å². The molecule has 5 heteroatoms. The summed E-state index contributed by atoms with van der Waals surface area (Å²) in [4.78, 5) is 13.6. The average molecular weight is 175 g/mol. The maximum absolute atomic E-state index is 12.5. The molecule has 0 bridgehead atoms. The molecule has 0 radical (unpaired) electrons. The van der Waals surface area contributed by atoms with Gasteiger partial charge in [0.15, 0.2) is 0 Å². The predicted molar refractivity (Wildman–Crippen MR) is 34.5 cm³/mol. The van der Waals surface area contributed by atoms with E-state index in [9.17, 15) is 18.0 Å². The molecule has 0 N–H and O–H groups in total. The second kappa shape index (κ2) is 3.34. The molecule has 64 valence electrons. The number of hydrogen-bond donors (Lipinski definition) is 0. The first-order valence-corrected chi connectivity index (χ1v) is 3.06. The maximum atomic E-state index is 12.5. The largest absolute Gasteiger partial charge is 0.300 e. The van der Waals surface area contributed by atoms with Crippen LogP contribution in [0, 0.1) is 5.95 Å². The number of carbonyl (C=O) groups is 1. The number of halogens is 3. The summed E-state index contributed by atoms with van der Waals surface area (Å²) in [7, 11) is 0. The van der Waals surface area contributed by atoms with Gasteiger partial charge in [0, 0.05) is 6.20 Å². The fourth-order valence-corrected chi connectivity index (χ4v) is 0.687. The molecule has 0 aliphatic heterocycles. The molecule has 1 rings (SSSR count). The van der Waals surface area contributed by atoms with E-state index in [1.54, 1.807) is 0 Å². The molecule has 0 fully saturated rings. The molecule has 0 spiro atoms. The third-order valence-corrected chi connectivity index (χ3v) is 1.22. The lowest BCUT2D eigenvalue weighted by atomic mass is 10.2. The van der Waals surface area contributed by atoms with Gasteiger partial charge >= 0.3 is 6.43 Å². The molecular weight excluding hydrogens is 171 g/mol. The molecule has 0 aromatic carbocycles. The minimum atomic E-state index is -3.19. The Balaban J connectivity index is 3.03. The first-order chi connectivity index (χ1) is 5.63. The summed E-state index contributed by atoms with van der Waals surface area (Å²) in [5.74, 6) is -2.71. The Bertz CT molecular complexity index is 300. The number of aromatic nitrogens is 1. The Hall–Kier alpha value is -1.39. The van der Waals surface area contributed by atoms with Crippen molar-refractivity contribution in [3.05, 3.63) is 29.8 Å². The number of ketones is 1. The zero-order chi connectivity index (χ0) is 9.14. The van der Waals surface area contributed by atoms with Crippen LogP contribution < -0.4 is 0 Å². The van der Waals surface area contributed by atoms with E-state index in [-0.39, 0.29) is 0 Å².